The Morgan fingerprint density at radius 1 is 0.905 bits per heavy atom. The van der Waals surface area contributed by atoms with Crippen LogP contribution in [0.15, 0.2) is 36.4 Å². The summed E-state index contributed by atoms with van der Waals surface area (Å²) < 4.78 is 14.0. The van der Waals surface area contributed by atoms with Crippen LogP contribution in [0.4, 0.5) is 0 Å². The Kier molecular flexibility index (Phi) is 4.90. The molecule has 21 heavy (non-hydrogen) atoms. The standard InChI is InChI=1S/C17H25NO2Si/c1-6-18(7-2)21(4,5)20-17-11-9-14-12-16(19-3)10-8-15(14)13-17/h8-13H,6-7H2,1-5H3. The van der Waals surface area contributed by atoms with E-state index in [1.807, 2.05) is 12.1 Å². The van der Waals surface area contributed by atoms with Crippen LogP contribution in [0.2, 0.25) is 13.1 Å². The van der Waals surface area contributed by atoms with E-state index in [2.05, 4.69) is 55.8 Å². The largest absolute Gasteiger partial charge is 0.530 e. The summed E-state index contributed by atoms with van der Waals surface area (Å²) in [6.07, 6.45) is 0. The van der Waals surface area contributed by atoms with Gasteiger partial charge in [0.1, 0.15) is 11.5 Å². The second kappa shape index (κ2) is 6.50. The van der Waals surface area contributed by atoms with E-state index in [0.717, 1.165) is 24.6 Å². The van der Waals surface area contributed by atoms with Gasteiger partial charge in [0, 0.05) is 0 Å². The summed E-state index contributed by atoms with van der Waals surface area (Å²) in [5, 5.41) is 2.35. The highest BCUT2D eigenvalue weighted by atomic mass is 28.4. The van der Waals surface area contributed by atoms with Gasteiger partial charge in [0.15, 0.2) is 0 Å². The smallest absolute Gasteiger partial charge is 0.325 e. The molecular weight excluding hydrogens is 278 g/mol. The summed E-state index contributed by atoms with van der Waals surface area (Å²) in [4.78, 5) is 0. The normalized spacial score (nSPS) is 11.9. The first-order valence-corrected chi connectivity index (χ1v) is 10.4. The van der Waals surface area contributed by atoms with E-state index in [1.165, 1.54) is 10.8 Å². The first kappa shape index (κ1) is 15.9. The molecule has 0 fully saturated rings. The van der Waals surface area contributed by atoms with Crippen molar-refractivity contribution >= 4 is 19.3 Å². The van der Waals surface area contributed by atoms with Crippen molar-refractivity contribution in [3.05, 3.63) is 36.4 Å². The summed E-state index contributed by atoms with van der Waals surface area (Å²) in [6.45, 7) is 10.9. The highest BCUT2D eigenvalue weighted by Crippen LogP contribution is 2.26. The van der Waals surface area contributed by atoms with E-state index in [9.17, 15) is 0 Å². The van der Waals surface area contributed by atoms with Crippen molar-refractivity contribution in [2.45, 2.75) is 26.9 Å². The fourth-order valence-corrected chi connectivity index (χ4v) is 5.09. The minimum Gasteiger partial charge on any atom is -0.530 e. The van der Waals surface area contributed by atoms with E-state index in [1.54, 1.807) is 7.11 Å². The molecule has 0 aliphatic carbocycles. The Labute approximate surface area is 128 Å². The van der Waals surface area contributed by atoms with E-state index >= 15 is 0 Å². The molecule has 0 saturated carbocycles. The molecule has 0 radical (unpaired) electrons. The van der Waals surface area contributed by atoms with Gasteiger partial charge in [-0.3, -0.25) is 4.57 Å². The Bertz CT molecular complexity index is 609. The topological polar surface area (TPSA) is 21.7 Å². The van der Waals surface area contributed by atoms with Crippen LogP contribution in [0.1, 0.15) is 13.8 Å². The molecule has 0 atom stereocenters. The third kappa shape index (κ3) is 3.57. The van der Waals surface area contributed by atoms with Gasteiger partial charge < -0.3 is 9.16 Å². The lowest BCUT2D eigenvalue weighted by atomic mass is 10.1. The molecule has 0 amide bonds. The molecule has 0 N–H and O–H groups in total. The third-order valence-corrected chi connectivity index (χ3v) is 6.80. The summed E-state index contributed by atoms with van der Waals surface area (Å²) in [7, 11) is -0.179. The zero-order valence-corrected chi connectivity index (χ0v) is 14.6. The maximum Gasteiger partial charge on any atom is 0.325 e. The Morgan fingerprint density at radius 2 is 1.43 bits per heavy atom. The number of rotatable bonds is 6. The number of benzene rings is 2. The van der Waals surface area contributed by atoms with Crippen LogP contribution in [0.25, 0.3) is 10.8 Å². The van der Waals surface area contributed by atoms with Crippen molar-refractivity contribution in [3.8, 4) is 11.5 Å². The van der Waals surface area contributed by atoms with Crippen molar-refractivity contribution in [2.24, 2.45) is 0 Å². The van der Waals surface area contributed by atoms with Crippen molar-refractivity contribution in [3.63, 3.8) is 0 Å². The summed E-state index contributed by atoms with van der Waals surface area (Å²) in [5.41, 5.74) is 0. The highest BCUT2D eigenvalue weighted by molar-refractivity contribution is 6.69. The summed E-state index contributed by atoms with van der Waals surface area (Å²) >= 11 is 0. The predicted molar refractivity (Wildman–Crippen MR) is 91.5 cm³/mol. The van der Waals surface area contributed by atoms with Crippen molar-refractivity contribution in [1.82, 2.24) is 4.57 Å². The fourth-order valence-electron chi connectivity index (χ4n) is 2.73. The first-order valence-electron chi connectivity index (χ1n) is 7.52. The van der Waals surface area contributed by atoms with Crippen LogP contribution in [0.5, 0.6) is 11.5 Å². The monoisotopic (exact) mass is 303 g/mol. The Morgan fingerprint density at radius 3 is 1.95 bits per heavy atom. The van der Waals surface area contributed by atoms with E-state index in [0.29, 0.717) is 0 Å². The molecule has 2 aromatic rings. The molecule has 0 saturated heterocycles. The van der Waals surface area contributed by atoms with E-state index < -0.39 is 8.48 Å². The molecule has 0 bridgehead atoms. The third-order valence-electron chi connectivity index (χ3n) is 3.91. The first-order chi connectivity index (χ1) is 10.00. The molecule has 0 aliphatic rings. The molecule has 0 aliphatic heterocycles. The average Bonchev–Trinajstić information content (AvgIpc) is 2.47. The predicted octanol–water partition coefficient (Wildman–Crippen LogP) is 4.27. The van der Waals surface area contributed by atoms with Gasteiger partial charge in [-0.1, -0.05) is 26.0 Å². The maximum atomic E-state index is 6.34. The van der Waals surface area contributed by atoms with Gasteiger partial charge in [-0.25, -0.2) is 0 Å². The number of hydrogen-bond acceptors (Lipinski definition) is 3. The van der Waals surface area contributed by atoms with Crippen LogP contribution in [-0.4, -0.2) is 33.2 Å². The number of nitrogens with zero attached hydrogens (tertiary/aromatic N) is 1. The van der Waals surface area contributed by atoms with Gasteiger partial charge in [0.25, 0.3) is 0 Å². The van der Waals surface area contributed by atoms with Crippen molar-refractivity contribution in [2.75, 3.05) is 20.2 Å². The lowest BCUT2D eigenvalue weighted by Gasteiger charge is -2.34. The molecule has 0 heterocycles. The number of hydrogen-bond donors (Lipinski definition) is 0. The van der Waals surface area contributed by atoms with E-state index in [-0.39, 0.29) is 0 Å². The molecular formula is C17H25NO2Si. The molecule has 0 aromatic heterocycles. The molecule has 3 nitrogen and oxygen atoms in total. The maximum absolute atomic E-state index is 6.34. The van der Waals surface area contributed by atoms with Crippen LogP contribution in [-0.2, 0) is 0 Å². The minimum absolute atomic E-state index is 0.883. The zero-order valence-electron chi connectivity index (χ0n) is 13.6. The summed E-state index contributed by atoms with van der Waals surface area (Å²) in [5.74, 6) is 1.84. The number of fused-ring (bicyclic) bond motifs is 1. The van der Waals surface area contributed by atoms with Crippen molar-refractivity contribution in [1.29, 1.82) is 0 Å². The van der Waals surface area contributed by atoms with Crippen LogP contribution < -0.4 is 9.16 Å². The second-order valence-electron chi connectivity index (χ2n) is 5.60. The summed E-state index contributed by atoms with van der Waals surface area (Å²) in [6, 6.07) is 12.4. The molecule has 2 aromatic carbocycles. The van der Waals surface area contributed by atoms with Gasteiger partial charge >= 0.3 is 8.48 Å². The number of methoxy groups -OCH3 is 1. The van der Waals surface area contributed by atoms with Gasteiger partial charge in [-0.15, -0.1) is 0 Å². The minimum atomic E-state index is -1.87. The zero-order chi connectivity index (χ0) is 15.5. The average molecular weight is 303 g/mol. The lowest BCUT2D eigenvalue weighted by Crippen LogP contribution is -2.53. The Balaban J connectivity index is 2.27. The molecule has 0 spiro atoms. The fraction of sp³-hybridized carbons (Fsp3) is 0.412. The SMILES string of the molecule is CCN(CC)[Si](C)(C)Oc1ccc2cc(OC)ccc2c1. The molecule has 2 rings (SSSR count). The lowest BCUT2D eigenvalue weighted by molar-refractivity contribution is 0.376. The van der Waals surface area contributed by atoms with Crippen molar-refractivity contribution < 1.29 is 9.16 Å². The van der Waals surface area contributed by atoms with Gasteiger partial charge in [0.2, 0.25) is 0 Å². The molecule has 4 heteroatoms. The Hall–Kier alpha value is -1.52. The van der Waals surface area contributed by atoms with Crippen LogP contribution in [0.3, 0.4) is 0 Å². The van der Waals surface area contributed by atoms with Crippen LogP contribution in [0, 0.1) is 0 Å². The second-order valence-corrected chi connectivity index (χ2v) is 9.33. The van der Waals surface area contributed by atoms with Gasteiger partial charge in [-0.05, 0) is 61.2 Å². The molecule has 114 valence electrons. The van der Waals surface area contributed by atoms with Gasteiger partial charge in [0.05, 0.1) is 7.11 Å². The quantitative estimate of drug-likeness (QED) is 0.744. The highest BCUT2D eigenvalue weighted by Gasteiger charge is 2.31. The van der Waals surface area contributed by atoms with E-state index in [4.69, 9.17) is 9.16 Å². The van der Waals surface area contributed by atoms with Crippen LogP contribution >= 0.6 is 0 Å². The molecule has 0 unspecified atom stereocenters. The van der Waals surface area contributed by atoms with Gasteiger partial charge in [-0.2, -0.15) is 0 Å². The number of ether oxygens (including phenoxy) is 1.